The second-order valence-corrected chi connectivity index (χ2v) is 2.24. The second-order valence-electron chi connectivity index (χ2n) is 2.24. The van der Waals surface area contributed by atoms with E-state index in [1.165, 1.54) is 0 Å². The summed E-state index contributed by atoms with van der Waals surface area (Å²) in [6, 6.07) is 0. The third-order valence-electron chi connectivity index (χ3n) is 1.10. The van der Waals surface area contributed by atoms with Crippen molar-refractivity contribution in [2.45, 2.75) is 18.2 Å². The summed E-state index contributed by atoms with van der Waals surface area (Å²) < 4.78 is 104. The molecular weight excluding hydrogens is 247 g/mol. The van der Waals surface area contributed by atoms with Crippen LogP contribution < -0.4 is 0 Å². The molecular formula is C5HF9O. The van der Waals surface area contributed by atoms with Crippen LogP contribution in [0.5, 0.6) is 0 Å². The first-order chi connectivity index (χ1) is 6.32. The standard InChI is InChI=1S/C5HF9O/c6-1(2(7)4(10,11)12)3(8,9)5(13,14)15/h15H/b2-1+. The molecule has 0 saturated carbocycles. The van der Waals surface area contributed by atoms with Crippen LogP contribution in [0.3, 0.4) is 0 Å². The first-order valence-corrected chi connectivity index (χ1v) is 2.92. The number of aliphatic hydroxyl groups is 1. The van der Waals surface area contributed by atoms with Gasteiger partial charge in [0.1, 0.15) is 0 Å². The van der Waals surface area contributed by atoms with Crippen LogP contribution in [0.4, 0.5) is 39.5 Å². The summed E-state index contributed by atoms with van der Waals surface area (Å²) in [5, 5.41) is 7.34. The van der Waals surface area contributed by atoms with Gasteiger partial charge in [-0.1, -0.05) is 0 Å². The zero-order valence-corrected chi connectivity index (χ0v) is 6.35. The Balaban J connectivity index is 5.44. The Kier molecular flexibility index (Phi) is 3.36. The van der Waals surface area contributed by atoms with Crippen molar-refractivity contribution >= 4 is 0 Å². The molecule has 0 saturated heterocycles. The molecule has 1 N–H and O–H groups in total. The summed E-state index contributed by atoms with van der Waals surface area (Å²) in [4.78, 5) is 0. The fourth-order valence-electron chi connectivity index (χ4n) is 0.394. The molecule has 0 aliphatic heterocycles. The van der Waals surface area contributed by atoms with Crippen LogP contribution in [0.1, 0.15) is 0 Å². The van der Waals surface area contributed by atoms with E-state index in [4.69, 9.17) is 5.11 Å². The molecule has 0 spiro atoms. The molecule has 0 rings (SSSR count). The first-order valence-electron chi connectivity index (χ1n) is 2.92. The van der Waals surface area contributed by atoms with Crippen LogP contribution in [0, 0.1) is 0 Å². The largest absolute Gasteiger partial charge is 0.445 e. The summed E-state index contributed by atoms with van der Waals surface area (Å²) in [6.45, 7) is 0. The lowest BCUT2D eigenvalue weighted by Gasteiger charge is -2.20. The molecule has 0 aliphatic carbocycles. The average molecular weight is 248 g/mol. The van der Waals surface area contributed by atoms with E-state index in [9.17, 15) is 39.5 Å². The normalized spacial score (nSPS) is 16.4. The summed E-state index contributed by atoms with van der Waals surface area (Å²) in [5.41, 5.74) is 0. The average Bonchev–Trinajstić information content (AvgIpc) is 1.97. The number of allylic oxidation sites excluding steroid dienone is 1. The zero-order chi connectivity index (χ0) is 12.7. The lowest BCUT2D eigenvalue weighted by Crippen LogP contribution is -2.41. The highest BCUT2D eigenvalue weighted by Crippen LogP contribution is 2.43. The molecule has 0 amide bonds. The van der Waals surface area contributed by atoms with Gasteiger partial charge in [-0.2, -0.15) is 35.1 Å². The topological polar surface area (TPSA) is 20.2 Å². The van der Waals surface area contributed by atoms with Crippen molar-refractivity contribution in [1.29, 1.82) is 0 Å². The van der Waals surface area contributed by atoms with Crippen molar-refractivity contribution in [3.63, 3.8) is 0 Å². The van der Waals surface area contributed by atoms with Crippen molar-refractivity contribution in [3.8, 4) is 0 Å². The minimum atomic E-state index is -6.29. The van der Waals surface area contributed by atoms with E-state index in [2.05, 4.69) is 0 Å². The van der Waals surface area contributed by atoms with E-state index in [-0.39, 0.29) is 0 Å². The van der Waals surface area contributed by atoms with E-state index < -0.39 is 29.9 Å². The summed E-state index contributed by atoms with van der Waals surface area (Å²) >= 11 is 0. The highest BCUT2D eigenvalue weighted by Gasteiger charge is 2.62. The molecule has 0 bridgehead atoms. The molecule has 1 nitrogen and oxygen atoms in total. The van der Waals surface area contributed by atoms with Gasteiger partial charge in [0.15, 0.2) is 0 Å². The minimum Gasteiger partial charge on any atom is -0.331 e. The van der Waals surface area contributed by atoms with Crippen molar-refractivity contribution in [3.05, 3.63) is 11.7 Å². The van der Waals surface area contributed by atoms with E-state index >= 15 is 0 Å². The molecule has 0 unspecified atom stereocenters. The second kappa shape index (κ2) is 3.58. The van der Waals surface area contributed by atoms with E-state index in [1.54, 1.807) is 0 Å². The Morgan fingerprint density at radius 2 is 1.07 bits per heavy atom. The third kappa shape index (κ3) is 2.76. The van der Waals surface area contributed by atoms with Crippen molar-refractivity contribution in [2.75, 3.05) is 0 Å². The first kappa shape index (κ1) is 14.1. The van der Waals surface area contributed by atoms with E-state index in [0.717, 1.165) is 0 Å². The molecule has 0 fully saturated rings. The summed E-state index contributed by atoms with van der Waals surface area (Å²) in [6.07, 6.45) is -12.3. The molecule has 15 heavy (non-hydrogen) atoms. The molecule has 0 radical (unpaired) electrons. The van der Waals surface area contributed by atoms with Crippen LogP contribution in [-0.4, -0.2) is 23.3 Å². The van der Waals surface area contributed by atoms with Gasteiger partial charge in [0.2, 0.25) is 11.7 Å². The molecule has 0 aromatic heterocycles. The highest BCUT2D eigenvalue weighted by molar-refractivity contribution is 5.15. The Labute approximate surface area is 75.8 Å². The van der Waals surface area contributed by atoms with Gasteiger partial charge in [-0.3, -0.25) is 0 Å². The minimum absolute atomic E-state index is 4.03. The Hall–Kier alpha value is -0.930. The predicted octanol–water partition coefficient (Wildman–Crippen LogP) is 2.92. The van der Waals surface area contributed by atoms with Gasteiger partial charge in [-0.05, 0) is 0 Å². The molecule has 90 valence electrons. The number of alkyl halides is 7. The van der Waals surface area contributed by atoms with Crippen LogP contribution in [0.2, 0.25) is 0 Å². The van der Waals surface area contributed by atoms with Crippen molar-refractivity contribution in [1.82, 2.24) is 0 Å². The molecule has 0 atom stereocenters. The number of rotatable bonds is 2. The molecule has 0 aromatic carbocycles. The Morgan fingerprint density at radius 3 is 1.27 bits per heavy atom. The van der Waals surface area contributed by atoms with Gasteiger partial charge in [-0.15, -0.1) is 0 Å². The van der Waals surface area contributed by atoms with Crippen LogP contribution in [0.25, 0.3) is 0 Å². The van der Waals surface area contributed by atoms with Gasteiger partial charge in [0.05, 0.1) is 0 Å². The van der Waals surface area contributed by atoms with Gasteiger partial charge in [0.25, 0.3) is 0 Å². The summed E-state index contributed by atoms with van der Waals surface area (Å²) in [5.74, 6) is -14.4. The Bertz CT molecular complexity index is 269. The van der Waals surface area contributed by atoms with Gasteiger partial charge < -0.3 is 5.11 Å². The lowest BCUT2D eigenvalue weighted by molar-refractivity contribution is -0.316. The Morgan fingerprint density at radius 1 is 0.733 bits per heavy atom. The number of halogens is 9. The van der Waals surface area contributed by atoms with Crippen LogP contribution in [0.15, 0.2) is 11.7 Å². The fourth-order valence-corrected chi connectivity index (χ4v) is 0.394. The quantitative estimate of drug-likeness (QED) is 0.745. The SMILES string of the molecule is OC(F)(F)C(F)(F)/C(F)=C(\F)C(F)(F)F. The van der Waals surface area contributed by atoms with Gasteiger partial charge in [0, 0.05) is 0 Å². The van der Waals surface area contributed by atoms with Crippen molar-refractivity contribution < 1.29 is 44.6 Å². The third-order valence-corrected chi connectivity index (χ3v) is 1.10. The van der Waals surface area contributed by atoms with Crippen LogP contribution in [-0.2, 0) is 0 Å². The van der Waals surface area contributed by atoms with Crippen molar-refractivity contribution in [2.24, 2.45) is 0 Å². The van der Waals surface area contributed by atoms with Gasteiger partial charge >= 0.3 is 18.2 Å². The highest BCUT2D eigenvalue weighted by atomic mass is 19.4. The zero-order valence-electron chi connectivity index (χ0n) is 6.35. The molecule has 0 aliphatic rings. The fraction of sp³-hybridized carbons (Fsp3) is 0.600. The molecule has 0 aromatic rings. The maximum Gasteiger partial charge on any atom is 0.445 e. The number of hydrogen-bond acceptors (Lipinski definition) is 1. The van der Waals surface area contributed by atoms with Crippen LogP contribution >= 0.6 is 0 Å². The summed E-state index contributed by atoms with van der Waals surface area (Å²) in [7, 11) is 0. The smallest absolute Gasteiger partial charge is 0.331 e. The monoisotopic (exact) mass is 248 g/mol. The molecule has 10 heteroatoms. The van der Waals surface area contributed by atoms with E-state index in [0.29, 0.717) is 0 Å². The lowest BCUT2D eigenvalue weighted by atomic mass is 10.2. The molecule has 0 heterocycles. The maximum atomic E-state index is 12.0. The van der Waals surface area contributed by atoms with Gasteiger partial charge in [-0.25, -0.2) is 4.39 Å². The maximum absolute atomic E-state index is 12.0. The number of hydrogen-bond donors (Lipinski definition) is 1. The van der Waals surface area contributed by atoms with E-state index in [1.807, 2.05) is 0 Å². The predicted molar refractivity (Wildman–Crippen MR) is 27.4 cm³/mol.